The van der Waals surface area contributed by atoms with Crippen molar-refractivity contribution in [3.8, 4) is 6.07 Å². The minimum atomic E-state index is -3.31. The van der Waals surface area contributed by atoms with Gasteiger partial charge < -0.3 is 10.4 Å². The number of sulfone groups is 1. The molecule has 0 unspecified atom stereocenters. The van der Waals surface area contributed by atoms with E-state index in [1.165, 1.54) is 6.20 Å². The number of tetrazole rings is 1. The first-order chi connectivity index (χ1) is 11.0. The topological polar surface area (TPSA) is 145 Å². The number of benzene rings is 1. The van der Waals surface area contributed by atoms with Crippen molar-refractivity contribution in [2.75, 3.05) is 17.7 Å². The molecule has 0 aliphatic carbocycles. The fraction of sp³-hybridized carbons (Fsp3) is 0.231. The Morgan fingerprint density at radius 3 is 2.70 bits per heavy atom. The van der Waals surface area contributed by atoms with Gasteiger partial charge in [0.15, 0.2) is 9.84 Å². The highest BCUT2D eigenvalue weighted by Crippen LogP contribution is 2.14. The SMILES string of the molecule is N#CC(=CNc1ccc(CS(=O)(=O)CCO)cc1)c1nn[nH]n1. The zero-order valence-corrected chi connectivity index (χ0v) is 12.8. The quantitative estimate of drug-likeness (QED) is 0.604. The van der Waals surface area contributed by atoms with Crippen LogP contribution in [0.15, 0.2) is 30.5 Å². The van der Waals surface area contributed by atoms with Gasteiger partial charge in [-0.2, -0.15) is 10.5 Å². The average molecular weight is 334 g/mol. The van der Waals surface area contributed by atoms with Gasteiger partial charge in [0.25, 0.3) is 0 Å². The van der Waals surface area contributed by atoms with Crippen LogP contribution in [0.5, 0.6) is 0 Å². The van der Waals surface area contributed by atoms with Gasteiger partial charge in [0, 0.05) is 11.9 Å². The molecule has 0 saturated heterocycles. The van der Waals surface area contributed by atoms with Crippen LogP contribution in [0.1, 0.15) is 11.4 Å². The number of hydrogen-bond acceptors (Lipinski definition) is 8. The van der Waals surface area contributed by atoms with Crippen molar-refractivity contribution in [1.29, 1.82) is 5.26 Å². The van der Waals surface area contributed by atoms with E-state index in [4.69, 9.17) is 10.4 Å². The predicted molar refractivity (Wildman–Crippen MR) is 82.4 cm³/mol. The molecule has 1 aromatic heterocycles. The number of nitrogens with zero attached hydrogens (tertiary/aromatic N) is 4. The smallest absolute Gasteiger partial charge is 0.216 e. The van der Waals surface area contributed by atoms with Crippen LogP contribution in [-0.2, 0) is 15.6 Å². The number of aliphatic hydroxyl groups excluding tert-OH is 1. The summed E-state index contributed by atoms with van der Waals surface area (Å²) in [7, 11) is -3.31. The Morgan fingerprint density at radius 1 is 1.39 bits per heavy atom. The van der Waals surface area contributed by atoms with E-state index in [9.17, 15) is 8.42 Å². The molecule has 3 N–H and O–H groups in total. The number of aliphatic hydroxyl groups is 1. The van der Waals surface area contributed by atoms with Crippen LogP contribution in [0, 0.1) is 11.3 Å². The fourth-order valence-corrected chi connectivity index (χ4v) is 2.86. The lowest BCUT2D eigenvalue weighted by Crippen LogP contribution is -2.12. The van der Waals surface area contributed by atoms with Crippen LogP contribution in [-0.4, -0.2) is 46.5 Å². The van der Waals surface area contributed by atoms with Gasteiger partial charge in [-0.1, -0.05) is 12.1 Å². The van der Waals surface area contributed by atoms with Gasteiger partial charge in [0.2, 0.25) is 5.82 Å². The van der Waals surface area contributed by atoms with Gasteiger partial charge in [-0.05, 0) is 22.9 Å². The van der Waals surface area contributed by atoms with Crippen molar-refractivity contribution >= 4 is 21.1 Å². The largest absolute Gasteiger partial charge is 0.395 e. The number of rotatable bonds is 7. The summed E-state index contributed by atoms with van der Waals surface area (Å²) in [5.41, 5.74) is 1.49. The molecule has 0 bridgehead atoms. The molecule has 0 spiro atoms. The van der Waals surface area contributed by atoms with E-state index < -0.39 is 9.84 Å². The van der Waals surface area contributed by atoms with Crippen molar-refractivity contribution < 1.29 is 13.5 Å². The number of aromatic amines is 1. The summed E-state index contributed by atoms with van der Waals surface area (Å²) in [6.07, 6.45) is 1.43. The molecule has 0 aliphatic heterocycles. The van der Waals surface area contributed by atoms with E-state index in [2.05, 4.69) is 25.9 Å². The zero-order valence-electron chi connectivity index (χ0n) is 12.0. The maximum atomic E-state index is 11.6. The lowest BCUT2D eigenvalue weighted by atomic mass is 10.2. The normalized spacial score (nSPS) is 11.9. The monoisotopic (exact) mass is 334 g/mol. The Morgan fingerprint density at radius 2 is 2.13 bits per heavy atom. The molecule has 1 heterocycles. The van der Waals surface area contributed by atoms with E-state index >= 15 is 0 Å². The number of aromatic nitrogens is 4. The van der Waals surface area contributed by atoms with Gasteiger partial charge in [-0.3, -0.25) is 0 Å². The zero-order chi connectivity index (χ0) is 16.7. The highest BCUT2D eigenvalue weighted by atomic mass is 32.2. The molecule has 0 fully saturated rings. The Bertz CT molecular complexity index is 806. The van der Waals surface area contributed by atoms with Crippen molar-refractivity contribution in [2.45, 2.75) is 5.75 Å². The molecule has 23 heavy (non-hydrogen) atoms. The third kappa shape index (κ3) is 4.87. The van der Waals surface area contributed by atoms with E-state index in [1.54, 1.807) is 24.3 Å². The highest BCUT2D eigenvalue weighted by Gasteiger charge is 2.11. The molecular formula is C13H14N6O3S. The summed E-state index contributed by atoms with van der Waals surface area (Å²) in [4.78, 5) is 0. The second kappa shape index (κ2) is 7.48. The summed E-state index contributed by atoms with van der Waals surface area (Å²) in [5, 5.41) is 33.7. The summed E-state index contributed by atoms with van der Waals surface area (Å²) in [6, 6.07) is 8.63. The predicted octanol–water partition coefficient (Wildman–Crippen LogP) is 0.0834. The molecule has 0 amide bonds. The summed E-state index contributed by atoms with van der Waals surface area (Å²) >= 11 is 0. The molecule has 2 aromatic rings. The van der Waals surface area contributed by atoms with Crippen molar-refractivity contribution in [3.63, 3.8) is 0 Å². The molecule has 0 radical (unpaired) electrons. The number of hydrogen-bond donors (Lipinski definition) is 3. The minimum absolute atomic E-state index is 0.129. The van der Waals surface area contributed by atoms with E-state index in [1.807, 2.05) is 6.07 Å². The van der Waals surface area contributed by atoms with Crippen molar-refractivity contribution in [2.24, 2.45) is 0 Å². The Hall–Kier alpha value is -2.77. The van der Waals surface area contributed by atoms with Crippen LogP contribution in [0.3, 0.4) is 0 Å². The molecule has 10 heteroatoms. The summed E-state index contributed by atoms with van der Waals surface area (Å²) in [6.45, 7) is -0.389. The fourth-order valence-electron chi connectivity index (χ4n) is 1.74. The van der Waals surface area contributed by atoms with Crippen LogP contribution in [0.25, 0.3) is 5.57 Å². The maximum Gasteiger partial charge on any atom is 0.216 e. The van der Waals surface area contributed by atoms with Crippen LogP contribution in [0.4, 0.5) is 5.69 Å². The minimum Gasteiger partial charge on any atom is -0.395 e. The first-order valence-corrected chi connectivity index (χ1v) is 8.37. The standard InChI is InChI=1S/C13H14N6O3S/c14-7-11(13-16-18-19-17-13)8-15-12-3-1-10(2-4-12)9-23(21,22)6-5-20/h1-4,8,15,20H,5-6,9H2,(H,16,17,18,19). The number of H-pyrrole nitrogens is 1. The van der Waals surface area contributed by atoms with Gasteiger partial charge in [0.05, 0.1) is 18.1 Å². The molecule has 120 valence electrons. The molecule has 2 rings (SSSR count). The molecular weight excluding hydrogens is 320 g/mol. The molecule has 9 nitrogen and oxygen atoms in total. The first kappa shape index (κ1) is 16.6. The number of anilines is 1. The Kier molecular flexibility index (Phi) is 5.40. The number of nitrogens with one attached hydrogen (secondary N) is 2. The Balaban J connectivity index is 2.04. The maximum absolute atomic E-state index is 11.6. The van der Waals surface area contributed by atoms with Crippen molar-refractivity contribution in [1.82, 2.24) is 20.6 Å². The average Bonchev–Trinajstić information content (AvgIpc) is 3.03. The van der Waals surface area contributed by atoms with Gasteiger partial charge in [-0.15, -0.1) is 10.2 Å². The van der Waals surface area contributed by atoms with Crippen molar-refractivity contribution in [3.05, 3.63) is 41.9 Å². The lowest BCUT2D eigenvalue weighted by Gasteiger charge is -2.05. The van der Waals surface area contributed by atoms with Gasteiger partial charge in [0.1, 0.15) is 11.6 Å². The summed E-state index contributed by atoms with van der Waals surface area (Å²) in [5.74, 6) is -0.214. The summed E-state index contributed by atoms with van der Waals surface area (Å²) < 4.78 is 23.3. The third-order valence-electron chi connectivity index (χ3n) is 2.83. The third-order valence-corrected chi connectivity index (χ3v) is 4.41. The van der Waals surface area contributed by atoms with E-state index in [0.717, 1.165) is 0 Å². The first-order valence-electron chi connectivity index (χ1n) is 6.55. The molecule has 1 aromatic carbocycles. The van der Waals surface area contributed by atoms with E-state index in [0.29, 0.717) is 11.3 Å². The van der Waals surface area contributed by atoms with Crippen LogP contribution >= 0.6 is 0 Å². The number of nitriles is 1. The molecule has 0 aliphatic rings. The van der Waals surface area contributed by atoms with Crippen LogP contribution < -0.4 is 5.32 Å². The Labute approximate surface area is 132 Å². The van der Waals surface area contributed by atoms with Gasteiger partial charge in [-0.25, -0.2) is 8.42 Å². The van der Waals surface area contributed by atoms with Crippen LogP contribution in [0.2, 0.25) is 0 Å². The molecule has 0 atom stereocenters. The van der Waals surface area contributed by atoms with Gasteiger partial charge >= 0.3 is 0 Å². The molecule has 0 saturated carbocycles. The second-order valence-electron chi connectivity index (χ2n) is 4.56. The van der Waals surface area contributed by atoms with E-state index in [-0.39, 0.29) is 29.5 Å². The number of allylic oxidation sites excluding steroid dienone is 1. The highest BCUT2D eigenvalue weighted by molar-refractivity contribution is 7.90. The lowest BCUT2D eigenvalue weighted by molar-refractivity contribution is 0.319. The second-order valence-corrected chi connectivity index (χ2v) is 6.75.